The van der Waals surface area contributed by atoms with Crippen molar-refractivity contribution in [2.24, 2.45) is 0 Å². The van der Waals surface area contributed by atoms with Crippen molar-refractivity contribution in [1.29, 1.82) is 0 Å². The van der Waals surface area contributed by atoms with Crippen LogP contribution in [-0.4, -0.2) is 29.5 Å². The highest BCUT2D eigenvalue weighted by molar-refractivity contribution is 7.22. The fourth-order valence-electron chi connectivity index (χ4n) is 2.59. The molecule has 1 fully saturated rings. The molecule has 1 aliphatic heterocycles. The van der Waals surface area contributed by atoms with Crippen LogP contribution in [0.3, 0.4) is 0 Å². The van der Waals surface area contributed by atoms with Gasteiger partial charge in [-0.2, -0.15) is 0 Å². The Bertz CT molecular complexity index is 902. The van der Waals surface area contributed by atoms with Gasteiger partial charge in [-0.3, -0.25) is 9.69 Å². The highest BCUT2D eigenvalue weighted by Gasteiger charge is 2.24. The Labute approximate surface area is 151 Å². The zero-order valence-electron chi connectivity index (χ0n) is 12.9. The van der Waals surface area contributed by atoms with E-state index in [0.717, 1.165) is 34.7 Å². The van der Waals surface area contributed by atoms with Crippen LogP contribution in [0.5, 0.6) is 0 Å². The predicted molar refractivity (Wildman–Crippen MR) is 97.4 cm³/mol. The van der Waals surface area contributed by atoms with E-state index >= 15 is 0 Å². The van der Waals surface area contributed by atoms with Crippen LogP contribution < -0.4 is 4.90 Å². The Hall–Kier alpha value is -1.54. The zero-order chi connectivity index (χ0) is 16.7. The molecule has 3 aromatic rings. The molecule has 1 atom stereocenters. The van der Waals surface area contributed by atoms with E-state index in [-0.39, 0.29) is 12.0 Å². The standard InChI is InChI=1S/C16H14ClN3O2S2/c1-20(16-19-10-5-4-9(17)7-13(10)24-16)15(21)11-8-23-14(18-11)12-3-2-6-22-12/h4-5,7-8,12H,2-3,6H2,1H3. The molecule has 1 aliphatic rings. The Morgan fingerprint density at radius 3 is 3.08 bits per heavy atom. The summed E-state index contributed by atoms with van der Waals surface area (Å²) in [5, 5.41) is 3.96. The summed E-state index contributed by atoms with van der Waals surface area (Å²) in [6.07, 6.45) is 2.04. The van der Waals surface area contributed by atoms with E-state index in [4.69, 9.17) is 16.3 Å². The molecule has 0 bridgehead atoms. The van der Waals surface area contributed by atoms with Gasteiger partial charge < -0.3 is 4.74 Å². The summed E-state index contributed by atoms with van der Waals surface area (Å²) in [4.78, 5) is 23.2. The van der Waals surface area contributed by atoms with Crippen molar-refractivity contribution >= 4 is 55.5 Å². The van der Waals surface area contributed by atoms with Crippen LogP contribution in [0.2, 0.25) is 5.02 Å². The van der Waals surface area contributed by atoms with Crippen LogP contribution in [0.25, 0.3) is 10.2 Å². The molecule has 0 saturated carbocycles. The maximum Gasteiger partial charge on any atom is 0.279 e. The normalized spacial score (nSPS) is 17.5. The Balaban J connectivity index is 1.58. The second-order valence-corrected chi connectivity index (χ2v) is 7.88. The maximum absolute atomic E-state index is 12.7. The number of benzene rings is 1. The highest BCUT2D eigenvalue weighted by Crippen LogP contribution is 2.33. The molecule has 124 valence electrons. The largest absolute Gasteiger partial charge is 0.371 e. The minimum atomic E-state index is -0.166. The van der Waals surface area contributed by atoms with Gasteiger partial charge >= 0.3 is 0 Å². The molecule has 0 spiro atoms. The van der Waals surface area contributed by atoms with E-state index in [1.54, 1.807) is 18.5 Å². The molecule has 1 amide bonds. The van der Waals surface area contributed by atoms with Crippen molar-refractivity contribution in [1.82, 2.24) is 9.97 Å². The van der Waals surface area contributed by atoms with Gasteiger partial charge in [-0.25, -0.2) is 9.97 Å². The predicted octanol–water partition coefficient (Wildman–Crippen LogP) is 4.53. The second kappa shape index (κ2) is 6.40. The monoisotopic (exact) mass is 379 g/mol. The second-order valence-electron chi connectivity index (χ2n) is 5.55. The molecule has 0 aliphatic carbocycles. The number of fused-ring (bicyclic) bond motifs is 1. The Morgan fingerprint density at radius 1 is 1.42 bits per heavy atom. The van der Waals surface area contributed by atoms with Gasteiger partial charge in [-0.15, -0.1) is 11.3 Å². The minimum Gasteiger partial charge on any atom is -0.371 e. The van der Waals surface area contributed by atoms with Crippen LogP contribution in [0.15, 0.2) is 23.6 Å². The number of carbonyl (C=O) groups is 1. The quantitative estimate of drug-likeness (QED) is 0.670. The number of halogens is 1. The first-order chi connectivity index (χ1) is 11.6. The molecular formula is C16H14ClN3O2S2. The number of carbonyl (C=O) groups excluding carboxylic acids is 1. The van der Waals surface area contributed by atoms with Gasteiger partial charge in [-0.1, -0.05) is 22.9 Å². The van der Waals surface area contributed by atoms with E-state index in [2.05, 4.69) is 9.97 Å². The SMILES string of the molecule is CN(C(=O)c1csc(C2CCCO2)n1)c1nc2ccc(Cl)cc2s1. The van der Waals surface area contributed by atoms with Crippen LogP contribution in [0.1, 0.15) is 34.4 Å². The molecule has 8 heteroatoms. The average molecular weight is 380 g/mol. The third-order valence-electron chi connectivity index (χ3n) is 3.88. The Kier molecular flexibility index (Phi) is 4.26. The molecular weight excluding hydrogens is 366 g/mol. The van der Waals surface area contributed by atoms with Crippen molar-refractivity contribution in [3.8, 4) is 0 Å². The summed E-state index contributed by atoms with van der Waals surface area (Å²) >= 11 is 8.92. The number of amides is 1. The summed E-state index contributed by atoms with van der Waals surface area (Å²) in [7, 11) is 1.72. The van der Waals surface area contributed by atoms with E-state index in [1.807, 2.05) is 12.1 Å². The fraction of sp³-hybridized carbons (Fsp3) is 0.312. The van der Waals surface area contributed by atoms with E-state index in [9.17, 15) is 4.79 Å². The highest BCUT2D eigenvalue weighted by atomic mass is 35.5. The number of aromatic nitrogens is 2. The first-order valence-corrected chi connectivity index (χ1v) is 9.60. The van der Waals surface area contributed by atoms with Gasteiger partial charge in [0.25, 0.3) is 5.91 Å². The van der Waals surface area contributed by atoms with Crippen LogP contribution in [-0.2, 0) is 4.74 Å². The van der Waals surface area contributed by atoms with Gasteiger partial charge in [0.2, 0.25) is 0 Å². The molecule has 0 radical (unpaired) electrons. The number of anilines is 1. The smallest absolute Gasteiger partial charge is 0.279 e. The third kappa shape index (κ3) is 2.93. The first-order valence-electron chi connectivity index (χ1n) is 7.53. The third-order valence-corrected chi connectivity index (χ3v) is 6.14. The molecule has 5 nitrogen and oxygen atoms in total. The lowest BCUT2D eigenvalue weighted by Gasteiger charge is -2.11. The van der Waals surface area contributed by atoms with Crippen LogP contribution in [0, 0.1) is 0 Å². The average Bonchev–Trinajstić information content (AvgIpc) is 3.30. The van der Waals surface area contributed by atoms with Gasteiger partial charge in [0.15, 0.2) is 5.13 Å². The van der Waals surface area contributed by atoms with Crippen LogP contribution >= 0.6 is 34.3 Å². The molecule has 3 heterocycles. The molecule has 1 aromatic carbocycles. The van der Waals surface area contributed by atoms with Crippen molar-refractivity contribution in [3.63, 3.8) is 0 Å². The lowest BCUT2D eigenvalue weighted by molar-refractivity contribution is 0.0985. The number of hydrogen-bond acceptors (Lipinski definition) is 6. The molecule has 4 rings (SSSR count). The van der Waals surface area contributed by atoms with Gasteiger partial charge in [0.1, 0.15) is 16.8 Å². The lowest BCUT2D eigenvalue weighted by atomic mass is 10.2. The topological polar surface area (TPSA) is 55.3 Å². The summed E-state index contributed by atoms with van der Waals surface area (Å²) in [5.74, 6) is -0.166. The van der Waals surface area contributed by atoms with Gasteiger partial charge in [-0.05, 0) is 31.0 Å². The number of hydrogen-bond donors (Lipinski definition) is 0. The van der Waals surface area contributed by atoms with Gasteiger partial charge in [0.05, 0.1) is 10.2 Å². The molecule has 24 heavy (non-hydrogen) atoms. The molecule has 0 N–H and O–H groups in total. The summed E-state index contributed by atoms with van der Waals surface area (Å²) < 4.78 is 6.58. The number of rotatable bonds is 3. The minimum absolute atomic E-state index is 0.0337. The fourth-order valence-corrected chi connectivity index (χ4v) is 4.67. The van der Waals surface area contributed by atoms with Crippen molar-refractivity contribution in [2.75, 3.05) is 18.6 Å². The van der Waals surface area contributed by atoms with Crippen LogP contribution in [0.4, 0.5) is 5.13 Å². The van der Waals surface area contributed by atoms with E-state index in [0.29, 0.717) is 15.8 Å². The van der Waals surface area contributed by atoms with E-state index in [1.165, 1.54) is 27.6 Å². The molecule has 1 saturated heterocycles. The number of thiazole rings is 2. The van der Waals surface area contributed by atoms with Crippen molar-refractivity contribution in [3.05, 3.63) is 39.3 Å². The molecule has 2 aromatic heterocycles. The van der Waals surface area contributed by atoms with Gasteiger partial charge in [0, 0.05) is 24.1 Å². The number of ether oxygens (including phenoxy) is 1. The summed E-state index contributed by atoms with van der Waals surface area (Å²) in [6.45, 7) is 0.766. The maximum atomic E-state index is 12.7. The lowest BCUT2D eigenvalue weighted by Crippen LogP contribution is -2.26. The first kappa shape index (κ1) is 16.0. The Morgan fingerprint density at radius 2 is 2.29 bits per heavy atom. The van der Waals surface area contributed by atoms with Crippen molar-refractivity contribution < 1.29 is 9.53 Å². The zero-order valence-corrected chi connectivity index (χ0v) is 15.2. The summed E-state index contributed by atoms with van der Waals surface area (Å²) in [6, 6.07) is 5.51. The van der Waals surface area contributed by atoms with E-state index < -0.39 is 0 Å². The van der Waals surface area contributed by atoms with Crippen molar-refractivity contribution in [2.45, 2.75) is 18.9 Å². The molecule has 1 unspecified atom stereocenters. The summed E-state index contributed by atoms with van der Waals surface area (Å²) in [5.41, 5.74) is 1.27. The number of nitrogens with zero attached hydrogens (tertiary/aromatic N) is 3.